The minimum atomic E-state index is -0.614. The fourth-order valence-electron chi connectivity index (χ4n) is 2.65. The third-order valence-electron chi connectivity index (χ3n) is 3.89. The molecule has 106 valence electrons. The number of pyridine rings is 1. The number of rotatable bonds is 5. The highest BCUT2D eigenvalue weighted by Gasteiger charge is 2.30. The molecule has 0 aromatic carbocycles. The summed E-state index contributed by atoms with van der Waals surface area (Å²) in [5, 5.41) is 32.7. The summed E-state index contributed by atoms with van der Waals surface area (Å²) in [7, 11) is 0. The Bertz CT molecular complexity index is 443. The molecular weight excluding hydrogens is 244 g/mol. The topological polar surface area (TPSA) is 85.6 Å². The molecule has 1 fully saturated rings. The number of aliphatic hydroxyl groups is 2. The van der Waals surface area contributed by atoms with Gasteiger partial charge in [0.05, 0.1) is 17.9 Å². The van der Waals surface area contributed by atoms with E-state index >= 15 is 0 Å². The van der Waals surface area contributed by atoms with Gasteiger partial charge in [-0.1, -0.05) is 12.8 Å². The van der Waals surface area contributed by atoms with Crippen LogP contribution in [0.4, 0.5) is 0 Å². The minimum Gasteiger partial charge on any atom is -0.506 e. The van der Waals surface area contributed by atoms with Gasteiger partial charge < -0.3 is 20.6 Å². The van der Waals surface area contributed by atoms with E-state index in [4.69, 9.17) is 0 Å². The molecule has 0 spiro atoms. The zero-order valence-electron chi connectivity index (χ0n) is 11.3. The molecule has 1 aromatic rings. The van der Waals surface area contributed by atoms with Gasteiger partial charge in [0.25, 0.3) is 0 Å². The van der Waals surface area contributed by atoms with Crippen LogP contribution in [-0.4, -0.2) is 32.4 Å². The molecule has 1 heterocycles. The van der Waals surface area contributed by atoms with Gasteiger partial charge in [0.1, 0.15) is 5.75 Å². The van der Waals surface area contributed by atoms with E-state index in [9.17, 15) is 15.3 Å². The molecule has 0 radical (unpaired) electrons. The van der Waals surface area contributed by atoms with Crippen LogP contribution >= 0.6 is 0 Å². The van der Waals surface area contributed by atoms with E-state index in [0.29, 0.717) is 29.9 Å². The third kappa shape index (κ3) is 3.23. The second kappa shape index (κ2) is 5.86. The van der Waals surface area contributed by atoms with Crippen LogP contribution in [0.5, 0.6) is 5.75 Å². The largest absolute Gasteiger partial charge is 0.506 e. The smallest absolute Gasteiger partial charge is 0.141 e. The average Bonchev–Trinajstić information content (AvgIpc) is 2.82. The molecule has 1 aliphatic carbocycles. The predicted octanol–water partition coefficient (Wildman–Crippen LogP) is 0.983. The molecule has 5 nitrogen and oxygen atoms in total. The van der Waals surface area contributed by atoms with Crippen molar-refractivity contribution in [2.45, 2.75) is 51.4 Å². The van der Waals surface area contributed by atoms with Crippen molar-refractivity contribution in [3.05, 3.63) is 23.0 Å². The van der Waals surface area contributed by atoms with Gasteiger partial charge in [-0.15, -0.1) is 0 Å². The first-order valence-corrected chi connectivity index (χ1v) is 6.76. The molecule has 4 N–H and O–H groups in total. The Morgan fingerprint density at radius 2 is 2.05 bits per heavy atom. The van der Waals surface area contributed by atoms with Crippen molar-refractivity contribution in [2.75, 3.05) is 6.54 Å². The van der Waals surface area contributed by atoms with Gasteiger partial charge in [-0.05, 0) is 19.8 Å². The zero-order valence-corrected chi connectivity index (χ0v) is 11.3. The minimum absolute atomic E-state index is 0.123. The number of aryl methyl sites for hydroxylation is 1. The number of nitrogens with zero attached hydrogens (tertiary/aromatic N) is 1. The maximum Gasteiger partial charge on any atom is 0.141 e. The standard InChI is InChI=1S/C14H22N2O3/c1-10-13(18)12(11(8-17)6-16-10)7-15-9-14(19)4-2-3-5-14/h6,15,17-19H,2-5,7-9H2,1H3. The Hall–Kier alpha value is -1.17. The van der Waals surface area contributed by atoms with Crippen LogP contribution in [0.3, 0.4) is 0 Å². The van der Waals surface area contributed by atoms with Crippen LogP contribution in [0.2, 0.25) is 0 Å². The van der Waals surface area contributed by atoms with Crippen molar-refractivity contribution in [1.29, 1.82) is 0 Å². The Morgan fingerprint density at radius 3 is 2.68 bits per heavy atom. The first kappa shape index (κ1) is 14.2. The van der Waals surface area contributed by atoms with Crippen molar-refractivity contribution < 1.29 is 15.3 Å². The first-order chi connectivity index (χ1) is 9.06. The Labute approximate surface area is 113 Å². The Morgan fingerprint density at radius 1 is 1.37 bits per heavy atom. The normalized spacial score (nSPS) is 17.8. The number of aromatic hydroxyl groups is 1. The molecule has 0 amide bonds. The monoisotopic (exact) mass is 266 g/mol. The van der Waals surface area contributed by atoms with Crippen LogP contribution < -0.4 is 5.32 Å². The fraction of sp³-hybridized carbons (Fsp3) is 0.643. The summed E-state index contributed by atoms with van der Waals surface area (Å²) in [6.07, 6.45) is 5.37. The van der Waals surface area contributed by atoms with E-state index in [0.717, 1.165) is 25.7 Å². The zero-order chi connectivity index (χ0) is 13.9. The Balaban J connectivity index is 2.00. The fourth-order valence-corrected chi connectivity index (χ4v) is 2.65. The second-order valence-electron chi connectivity index (χ2n) is 5.39. The summed E-state index contributed by atoms with van der Waals surface area (Å²) in [6, 6.07) is 0. The summed E-state index contributed by atoms with van der Waals surface area (Å²) < 4.78 is 0. The summed E-state index contributed by atoms with van der Waals surface area (Å²) in [4.78, 5) is 4.02. The van der Waals surface area contributed by atoms with Gasteiger partial charge in [-0.2, -0.15) is 0 Å². The number of hydrogen-bond donors (Lipinski definition) is 4. The van der Waals surface area contributed by atoms with Gasteiger partial charge in [0, 0.05) is 30.4 Å². The van der Waals surface area contributed by atoms with Crippen LogP contribution in [0.25, 0.3) is 0 Å². The average molecular weight is 266 g/mol. The molecular formula is C14H22N2O3. The molecule has 0 saturated heterocycles. The maximum absolute atomic E-state index is 10.2. The highest BCUT2D eigenvalue weighted by Crippen LogP contribution is 2.29. The molecule has 0 bridgehead atoms. The first-order valence-electron chi connectivity index (χ1n) is 6.76. The molecule has 2 rings (SSSR count). The lowest BCUT2D eigenvalue weighted by Gasteiger charge is -2.23. The third-order valence-corrected chi connectivity index (χ3v) is 3.89. The van der Waals surface area contributed by atoms with E-state index in [1.807, 2.05) is 0 Å². The van der Waals surface area contributed by atoms with Gasteiger partial charge in [-0.3, -0.25) is 4.98 Å². The molecule has 19 heavy (non-hydrogen) atoms. The van der Waals surface area contributed by atoms with Gasteiger partial charge >= 0.3 is 0 Å². The lowest BCUT2D eigenvalue weighted by molar-refractivity contribution is 0.0474. The van der Waals surface area contributed by atoms with E-state index < -0.39 is 5.60 Å². The number of nitrogens with one attached hydrogen (secondary N) is 1. The molecule has 5 heteroatoms. The highest BCUT2D eigenvalue weighted by molar-refractivity contribution is 5.40. The SMILES string of the molecule is Cc1ncc(CO)c(CNCC2(O)CCCC2)c1O. The summed E-state index contributed by atoms with van der Waals surface area (Å²) in [6.45, 7) is 2.51. The van der Waals surface area contributed by atoms with Crippen molar-refractivity contribution in [1.82, 2.24) is 10.3 Å². The second-order valence-corrected chi connectivity index (χ2v) is 5.39. The van der Waals surface area contributed by atoms with Crippen LogP contribution in [-0.2, 0) is 13.2 Å². The van der Waals surface area contributed by atoms with Crippen LogP contribution in [0.15, 0.2) is 6.20 Å². The summed E-state index contributed by atoms with van der Waals surface area (Å²) in [5.74, 6) is 0.123. The number of aromatic nitrogens is 1. The highest BCUT2D eigenvalue weighted by atomic mass is 16.3. The van der Waals surface area contributed by atoms with Crippen molar-refractivity contribution in [2.24, 2.45) is 0 Å². The lowest BCUT2D eigenvalue weighted by atomic mass is 10.0. The van der Waals surface area contributed by atoms with Crippen LogP contribution in [0, 0.1) is 6.92 Å². The van der Waals surface area contributed by atoms with E-state index in [1.165, 1.54) is 0 Å². The molecule has 1 saturated carbocycles. The molecule has 0 aliphatic heterocycles. The van der Waals surface area contributed by atoms with Crippen molar-refractivity contribution >= 4 is 0 Å². The number of hydrogen-bond acceptors (Lipinski definition) is 5. The van der Waals surface area contributed by atoms with Crippen molar-refractivity contribution in [3.8, 4) is 5.75 Å². The quantitative estimate of drug-likeness (QED) is 0.638. The van der Waals surface area contributed by atoms with E-state index in [1.54, 1.807) is 13.1 Å². The predicted molar refractivity (Wildman–Crippen MR) is 71.7 cm³/mol. The van der Waals surface area contributed by atoms with Crippen molar-refractivity contribution in [3.63, 3.8) is 0 Å². The summed E-state index contributed by atoms with van der Waals surface area (Å²) >= 11 is 0. The molecule has 1 aliphatic rings. The van der Waals surface area contributed by atoms with Gasteiger partial charge in [-0.25, -0.2) is 0 Å². The van der Waals surface area contributed by atoms with E-state index in [-0.39, 0.29) is 12.4 Å². The van der Waals surface area contributed by atoms with Crippen LogP contribution in [0.1, 0.15) is 42.5 Å². The summed E-state index contributed by atoms with van der Waals surface area (Å²) in [5.41, 5.74) is 1.22. The van der Waals surface area contributed by atoms with Gasteiger partial charge in [0.2, 0.25) is 0 Å². The Kier molecular flexibility index (Phi) is 4.39. The number of aliphatic hydroxyl groups excluding tert-OH is 1. The molecule has 1 aromatic heterocycles. The maximum atomic E-state index is 10.2. The van der Waals surface area contributed by atoms with Gasteiger partial charge in [0.15, 0.2) is 0 Å². The lowest BCUT2D eigenvalue weighted by Crippen LogP contribution is -2.37. The molecule has 0 unspecified atom stereocenters. The molecule has 0 atom stereocenters. The van der Waals surface area contributed by atoms with E-state index in [2.05, 4.69) is 10.3 Å².